The second-order valence-corrected chi connectivity index (χ2v) is 6.29. The molecule has 1 unspecified atom stereocenters. The van der Waals surface area contributed by atoms with Gasteiger partial charge in [-0.25, -0.2) is 0 Å². The molecular weight excluding hydrogens is 332 g/mol. The van der Waals surface area contributed by atoms with E-state index in [1.165, 1.54) is 0 Å². The summed E-state index contributed by atoms with van der Waals surface area (Å²) in [5, 5.41) is 0. The molecule has 0 nitrogen and oxygen atoms in total. The van der Waals surface area contributed by atoms with Crippen LogP contribution in [0.3, 0.4) is 0 Å². The third-order valence-corrected chi connectivity index (χ3v) is 4.44. The Labute approximate surface area is 130 Å². The van der Waals surface area contributed by atoms with Crippen molar-refractivity contribution in [2.24, 2.45) is 5.92 Å². The summed E-state index contributed by atoms with van der Waals surface area (Å²) >= 11 is 0. The van der Waals surface area contributed by atoms with Crippen molar-refractivity contribution in [3.63, 3.8) is 0 Å². The third kappa shape index (κ3) is 3.76. The maximum Gasteiger partial charge on any atom is 0.378 e. The van der Waals surface area contributed by atoms with Crippen molar-refractivity contribution in [2.75, 3.05) is 0 Å². The van der Waals surface area contributed by atoms with Gasteiger partial charge in [-0.15, -0.1) is 0 Å². The molecule has 0 bridgehead atoms. The molecule has 0 spiro atoms. The van der Waals surface area contributed by atoms with Gasteiger partial charge in [0, 0.05) is 12.3 Å². The molecular formula is C15H22F8. The monoisotopic (exact) mass is 354 g/mol. The van der Waals surface area contributed by atoms with E-state index in [4.69, 9.17) is 0 Å². The third-order valence-electron chi connectivity index (χ3n) is 4.44. The molecule has 0 amide bonds. The van der Waals surface area contributed by atoms with E-state index in [0.29, 0.717) is 12.8 Å². The SMILES string of the molecule is CCCCCCCCCC1CC(F)(F)C(F)(F)C(F)(F)C1(F)F. The van der Waals surface area contributed by atoms with Crippen LogP contribution < -0.4 is 0 Å². The molecule has 0 aromatic rings. The van der Waals surface area contributed by atoms with Crippen LogP contribution in [0.2, 0.25) is 0 Å². The van der Waals surface area contributed by atoms with Gasteiger partial charge in [-0.2, -0.15) is 35.1 Å². The zero-order valence-corrected chi connectivity index (χ0v) is 13.0. The van der Waals surface area contributed by atoms with Gasteiger partial charge in [0.25, 0.3) is 0 Å². The van der Waals surface area contributed by atoms with Crippen LogP contribution in [-0.4, -0.2) is 23.7 Å². The number of unbranched alkanes of at least 4 members (excludes halogenated alkanes) is 6. The first kappa shape index (κ1) is 20.5. The average molecular weight is 354 g/mol. The fourth-order valence-corrected chi connectivity index (χ4v) is 2.89. The molecule has 23 heavy (non-hydrogen) atoms. The van der Waals surface area contributed by atoms with Gasteiger partial charge in [-0.1, -0.05) is 51.9 Å². The van der Waals surface area contributed by atoms with Crippen molar-refractivity contribution in [3.05, 3.63) is 0 Å². The van der Waals surface area contributed by atoms with Gasteiger partial charge in [0.2, 0.25) is 0 Å². The normalized spacial score (nSPS) is 27.8. The van der Waals surface area contributed by atoms with E-state index in [-0.39, 0.29) is 6.42 Å². The Hall–Kier alpha value is -0.560. The van der Waals surface area contributed by atoms with Crippen molar-refractivity contribution in [3.8, 4) is 0 Å². The minimum absolute atomic E-state index is 0.0457. The molecule has 0 heterocycles. The number of hydrogen-bond acceptors (Lipinski definition) is 0. The molecule has 138 valence electrons. The molecule has 0 N–H and O–H groups in total. The van der Waals surface area contributed by atoms with E-state index < -0.39 is 42.4 Å². The van der Waals surface area contributed by atoms with Crippen molar-refractivity contribution < 1.29 is 35.1 Å². The number of halogens is 8. The first-order chi connectivity index (χ1) is 10.4. The summed E-state index contributed by atoms with van der Waals surface area (Å²) in [5.74, 6) is -24.8. The summed E-state index contributed by atoms with van der Waals surface area (Å²) in [6.07, 6.45) is 2.48. The molecule has 1 aliphatic rings. The van der Waals surface area contributed by atoms with E-state index in [9.17, 15) is 35.1 Å². The van der Waals surface area contributed by atoms with E-state index in [0.717, 1.165) is 25.7 Å². The summed E-state index contributed by atoms with van der Waals surface area (Å²) in [6.45, 7) is 2.02. The van der Waals surface area contributed by atoms with Crippen LogP contribution in [0.25, 0.3) is 0 Å². The molecule has 1 aliphatic carbocycles. The van der Waals surface area contributed by atoms with Crippen LogP contribution in [-0.2, 0) is 0 Å². The lowest BCUT2D eigenvalue weighted by molar-refractivity contribution is -0.407. The molecule has 0 aromatic heterocycles. The van der Waals surface area contributed by atoms with Crippen LogP contribution in [0.15, 0.2) is 0 Å². The standard InChI is InChI=1S/C15H22F8/c1-2-3-4-5-6-7-8-9-11-10-12(16,17)14(20,21)15(22,23)13(11,18)19/h11H,2-10H2,1H3. The Balaban J connectivity index is 2.62. The minimum atomic E-state index is -6.05. The number of hydrogen-bond donors (Lipinski definition) is 0. The summed E-state index contributed by atoms with van der Waals surface area (Å²) in [7, 11) is 0. The van der Waals surface area contributed by atoms with E-state index in [2.05, 4.69) is 0 Å². The summed E-state index contributed by atoms with van der Waals surface area (Å²) in [4.78, 5) is 0. The first-order valence-corrected chi connectivity index (χ1v) is 7.93. The molecule has 1 rings (SSSR count). The molecule has 0 radical (unpaired) electrons. The lowest BCUT2D eigenvalue weighted by Crippen LogP contribution is -2.69. The summed E-state index contributed by atoms with van der Waals surface area (Å²) in [5.41, 5.74) is 0. The number of alkyl halides is 8. The Morgan fingerprint density at radius 2 is 1.17 bits per heavy atom. The van der Waals surface area contributed by atoms with E-state index in [1.807, 2.05) is 6.92 Å². The summed E-state index contributed by atoms with van der Waals surface area (Å²) < 4.78 is 106. The maximum atomic E-state index is 13.6. The quantitative estimate of drug-likeness (QED) is 0.336. The van der Waals surface area contributed by atoms with Crippen molar-refractivity contribution in [2.45, 2.75) is 88.4 Å². The van der Waals surface area contributed by atoms with Crippen LogP contribution in [0.5, 0.6) is 0 Å². The smallest absolute Gasteiger partial charge is 0.200 e. The Bertz CT molecular complexity index is 378. The van der Waals surface area contributed by atoms with Crippen molar-refractivity contribution in [1.82, 2.24) is 0 Å². The molecule has 1 atom stereocenters. The lowest BCUT2D eigenvalue weighted by Gasteiger charge is -2.45. The predicted octanol–water partition coefficient (Wildman–Crippen LogP) is 6.69. The van der Waals surface area contributed by atoms with Crippen LogP contribution in [0.1, 0.15) is 64.7 Å². The minimum Gasteiger partial charge on any atom is -0.200 e. The molecule has 0 saturated heterocycles. The van der Waals surface area contributed by atoms with Crippen molar-refractivity contribution >= 4 is 0 Å². The Morgan fingerprint density at radius 3 is 1.70 bits per heavy atom. The molecule has 0 aliphatic heterocycles. The molecule has 0 aromatic carbocycles. The first-order valence-electron chi connectivity index (χ1n) is 7.93. The average Bonchev–Trinajstić information content (AvgIpc) is 2.43. The van der Waals surface area contributed by atoms with Crippen LogP contribution >= 0.6 is 0 Å². The zero-order chi connectivity index (χ0) is 17.9. The van der Waals surface area contributed by atoms with Gasteiger partial charge >= 0.3 is 23.7 Å². The highest BCUT2D eigenvalue weighted by Crippen LogP contribution is 2.62. The number of rotatable bonds is 8. The zero-order valence-electron chi connectivity index (χ0n) is 13.0. The molecule has 1 fully saturated rings. The highest BCUT2D eigenvalue weighted by Gasteiger charge is 2.85. The van der Waals surface area contributed by atoms with Gasteiger partial charge in [0.15, 0.2) is 0 Å². The van der Waals surface area contributed by atoms with Crippen LogP contribution in [0, 0.1) is 5.92 Å². The van der Waals surface area contributed by atoms with Gasteiger partial charge in [0.1, 0.15) is 0 Å². The second-order valence-electron chi connectivity index (χ2n) is 6.29. The fraction of sp³-hybridized carbons (Fsp3) is 1.00. The van der Waals surface area contributed by atoms with Crippen LogP contribution in [0.4, 0.5) is 35.1 Å². The Morgan fingerprint density at radius 1 is 0.696 bits per heavy atom. The predicted molar refractivity (Wildman–Crippen MR) is 70.5 cm³/mol. The highest BCUT2D eigenvalue weighted by molar-refractivity contribution is 5.11. The Kier molecular flexibility index (Phi) is 6.35. The molecule has 1 saturated carbocycles. The van der Waals surface area contributed by atoms with Gasteiger partial charge < -0.3 is 0 Å². The van der Waals surface area contributed by atoms with Gasteiger partial charge in [0.05, 0.1) is 0 Å². The fourth-order valence-electron chi connectivity index (χ4n) is 2.89. The highest BCUT2D eigenvalue weighted by atomic mass is 19.4. The molecule has 8 heteroatoms. The van der Waals surface area contributed by atoms with E-state index >= 15 is 0 Å². The van der Waals surface area contributed by atoms with Gasteiger partial charge in [-0.05, 0) is 6.42 Å². The largest absolute Gasteiger partial charge is 0.378 e. The second kappa shape index (κ2) is 7.13. The van der Waals surface area contributed by atoms with Gasteiger partial charge in [-0.3, -0.25) is 0 Å². The van der Waals surface area contributed by atoms with Crippen molar-refractivity contribution in [1.29, 1.82) is 0 Å². The maximum absolute atomic E-state index is 13.6. The van der Waals surface area contributed by atoms with E-state index in [1.54, 1.807) is 0 Å². The summed E-state index contributed by atoms with van der Waals surface area (Å²) in [6, 6.07) is 0. The lowest BCUT2D eigenvalue weighted by atomic mass is 9.75. The topological polar surface area (TPSA) is 0 Å².